The molecule has 0 N–H and O–H groups in total. The number of hydrogen-bond donors (Lipinski definition) is 0. The van der Waals surface area contributed by atoms with E-state index in [1.807, 2.05) is 0 Å². The second-order valence-electron chi connectivity index (χ2n) is 6.64. The van der Waals surface area contributed by atoms with Crippen molar-refractivity contribution in [3.05, 3.63) is 28.6 Å². The third-order valence-corrected chi connectivity index (χ3v) is 3.54. The van der Waals surface area contributed by atoms with Crippen molar-refractivity contribution >= 4 is 11.0 Å². The van der Waals surface area contributed by atoms with Crippen molar-refractivity contribution in [2.75, 3.05) is 0 Å². The lowest BCUT2D eigenvalue weighted by Crippen LogP contribution is -2.16. The van der Waals surface area contributed by atoms with Gasteiger partial charge in [-0.2, -0.15) is 0 Å². The van der Waals surface area contributed by atoms with E-state index in [4.69, 9.17) is 4.98 Å². The molecule has 2 rings (SSSR count). The molecule has 0 amide bonds. The van der Waals surface area contributed by atoms with Crippen molar-refractivity contribution in [3.8, 4) is 0 Å². The number of benzene rings is 1. The minimum atomic E-state index is 0.267. The zero-order valence-electron chi connectivity index (χ0n) is 12.7. The lowest BCUT2D eigenvalue weighted by atomic mass is 9.96. The average Bonchev–Trinajstić information content (AvgIpc) is 2.51. The third-order valence-electron chi connectivity index (χ3n) is 3.54. The molecule has 1 aromatic heterocycles. The molecule has 0 aliphatic heterocycles. The molecule has 2 heteroatoms. The molecule has 0 aliphatic carbocycles. The van der Waals surface area contributed by atoms with Gasteiger partial charge in [-0.1, -0.05) is 26.8 Å². The number of hydrogen-bond acceptors (Lipinski definition) is 1. The van der Waals surface area contributed by atoms with Crippen LogP contribution in [0.2, 0.25) is 0 Å². The molecule has 0 saturated heterocycles. The van der Waals surface area contributed by atoms with E-state index in [0.29, 0.717) is 0 Å². The Labute approximate surface area is 110 Å². The van der Waals surface area contributed by atoms with Gasteiger partial charge in [0, 0.05) is 6.54 Å². The predicted molar refractivity (Wildman–Crippen MR) is 78.1 cm³/mol. The van der Waals surface area contributed by atoms with Crippen molar-refractivity contribution in [2.45, 2.75) is 55.0 Å². The monoisotopic (exact) mass is 244 g/mol. The summed E-state index contributed by atoms with van der Waals surface area (Å²) in [6, 6.07) is 2.28. The third kappa shape index (κ3) is 2.16. The van der Waals surface area contributed by atoms with E-state index in [0.717, 1.165) is 12.4 Å². The summed E-state index contributed by atoms with van der Waals surface area (Å²) in [5.74, 6) is 1.12. The fourth-order valence-corrected chi connectivity index (χ4v) is 2.58. The molecule has 0 saturated carbocycles. The molecule has 0 aliphatic rings. The lowest BCUT2D eigenvalue weighted by Gasteiger charge is -2.21. The average molecular weight is 244 g/mol. The Bertz CT molecular complexity index is 598. The van der Waals surface area contributed by atoms with E-state index < -0.39 is 0 Å². The second-order valence-corrected chi connectivity index (χ2v) is 6.64. The number of nitrogens with zero attached hydrogens (tertiary/aromatic N) is 2. The molecule has 1 aromatic carbocycles. The summed E-state index contributed by atoms with van der Waals surface area (Å²) < 4.78 is 2.37. The molecule has 0 bridgehead atoms. The molecule has 2 aromatic rings. The van der Waals surface area contributed by atoms with Crippen LogP contribution >= 0.6 is 0 Å². The Kier molecular flexibility index (Phi) is 3.00. The maximum Gasteiger partial charge on any atom is 0.106 e. The SMILES string of the molecule is Cc1cc(C)c2c(nc(C)n2CC(C)(C)C)c1C. The molecule has 0 atom stereocenters. The van der Waals surface area contributed by atoms with Crippen LogP contribution in [-0.2, 0) is 6.54 Å². The van der Waals surface area contributed by atoms with E-state index in [-0.39, 0.29) is 5.41 Å². The zero-order chi connectivity index (χ0) is 13.7. The van der Waals surface area contributed by atoms with Crippen LogP contribution in [0.3, 0.4) is 0 Å². The molecular formula is C16H24N2. The van der Waals surface area contributed by atoms with Gasteiger partial charge in [-0.05, 0) is 49.8 Å². The lowest BCUT2D eigenvalue weighted by molar-refractivity contribution is 0.345. The Morgan fingerprint density at radius 2 is 1.67 bits per heavy atom. The van der Waals surface area contributed by atoms with E-state index in [1.165, 1.54) is 27.7 Å². The second kappa shape index (κ2) is 4.11. The van der Waals surface area contributed by atoms with Crippen LogP contribution in [0.1, 0.15) is 43.3 Å². The molecule has 0 spiro atoms. The van der Waals surface area contributed by atoms with E-state index >= 15 is 0 Å². The van der Waals surface area contributed by atoms with Gasteiger partial charge in [-0.25, -0.2) is 4.98 Å². The fraction of sp³-hybridized carbons (Fsp3) is 0.562. The molecule has 0 radical (unpaired) electrons. The van der Waals surface area contributed by atoms with Crippen LogP contribution in [0.25, 0.3) is 11.0 Å². The van der Waals surface area contributed by atoms with Crippen molar-refractivity contribution in [3.63, 3.8) is 0 Å². The van der Waals surface area contributed by atoms with Gasteiger partial charge in [0.2, 0.25) is 0 Å². The highest BCUT2D eigenvalue weighted by Crippen LogP contribution is 2.28. The number of imidazole rings is 1. The maximum absolute atomic E-state index is 4.78. The van der Waals surface area contributed by atoms with Crippen LogP contribution in [0.15, 0.2) is 6.07 Å². The first kappa shape index (κ1) is 13.1. The van der Waals surface area contributed by atoms with Crippen molar-refractivity contribution in [1.29, 1.82) is 0 Å². The van der Waals surface area contributed by atoms with Crippen molar-refractivity contribution in [1.82, 2.24) is 9.55 Å². The van der Waals surface area contributed by atoms with Gasteiger partial charge in [0.15, 0.2) is 0 Å². The highest BCUT2D eigenvalue weighted by molar-refractivity contribution is 5.84. The molecule has 18 heavy (non-hydrogen) atoms. The summed E-state index contributed by atoms with van der Waals surface area (Å²) in [4.78, 5) is 4.78. The summed E-state index contributed by atoms with van der Waals surface area (Å²) in [7, 11) is 0. The van der Waals surface area contributed by atoms with E-state index in [1.54, 1.807) is 0 Å². The quantitative estimate of drug-likeness (QED) is 0.730. The number of fused-ring (bicyclic) bond motifs is 1. The van der Waals surface area contributed by atoms with Crippen LogP contribution < -0.4 is 0 Å². The maximum atomic E-state index is 4.78. The van der Waals surface area contributed by atoms with Gasteiger partial charge in [0.1, 0.15) is 5.82 Å². The normalized spacial score (nSPS) is 12.4. The van der Waals surface area contributed by atoms with Gasteiger partial charge in [-0.3, -0.25) is 0 Å². The number of aryl methyl sites for hydroxylation is 4. The summed E-state index contributed by atoms with van der Waals surface area (Å²) >= 11 is 0. The summed E-state index contributed by atoms with van der Waals surface area (Å²) in [6.07, 6.45) is 0. The predicted octanol–water partition coefficient (Wildman–Crippen LogP) is 4.32. The molecular weight excluding hydrogens is 220 g/mol. The Morgan fingerprint density at radius 1 is 1.06 bits per heavy atom. The summed E-state index contributed by atoms with van der Waals surface area (Å²) in [5.41, 5.74) is 6.73. The number of rotatable bonds is 1. The summed E-state index contributed by atoms with van der Waals surface area (Å²) in [5, 5.41) is 0. The van der Waals surface area contributed by atoms with Crippen LogP contribution in [0, 0.1) is 33.1 Å². The zero-order valence-corrected chi connectivity index (χ0v) is 12.7. The van der Waals surface area contributed by atoms with Gasteiger partial charge in [0.25, 0.3) is 0 Å². The van der Waals surface area contributed by atoms with Crippen LogP contribution in [0.5, 0.6) is 0 Å². The molecule has 2 nitrogen and oxygen atoms in total. The summed E-state index contributed by atoms with van der Waals surface area (Å²) in [6.45, 7) is 16.5. The van der Waals surface area contributed by atoms with E-state index in [9.17, 15) is 0 Å². The minimum absolute atomic E-state index is 0.267. The first-order valence-corrected chi connectivity index (χ1v) is 6.64. The minimum Gasteiger partial charge on any atom is -0.327 e. The standard InChI is InChI=1S/C16H24N2/c1-10-8-11(2)15-14(12(10)3)17-13(4)18(15)9-16(5,6)7/h8H,9H2,1-7H3. The molecule has 0 fully saturated rings. The van der Waals surface area contributed by atoms with E-state index in [2.05, 4.69) is 59.1 Å². The van der Waals surface area contributed by atoms with Crippen LogP contribution in [-0.4, -0.2) is 9.55 Å². The molecule has 98 valence electrons. The fourth-order valence-electron chi connectivity index (χ4n) is 2.58. The van der Waals surface area contributed by atoms with Crippen LogP contribution in [0.4, 0.5) is 0 Å². The first-order chi connectivity index (χ1) is 8.20. The highest BCUT2D eigenvalue weighted by Gasteiger charge is 2.18. The largest absolute Gasteiger partial charge is 0.327 e. The topological polar surface area (TPSA) is 17.8 Å². The van der Waals surface area contributed by atoms with Gasteiger partial charge >= 0.3 is 0 Å². The Morgan fingerprint density at radius 3 is 2.22 bits per heavy atom. The Balaban J connectivity index is 2.75. The number of aromatic nitrogens is 2. The van der Waals surface area contributed by atoms with Gasteiger partial charge in [-0.15, -0.1) is 0 Å². The highest BCUT2D eigenvalue weighted by atomic mass is 15.1. The van der Waals surface area contributed by atoms with Crippen molar-refractivity contribution in [2.24, 2.45) is 5.41 Å². The Hall–Kier alpha value is -1.31. The smallest absolute Gasteiger partial charge is 0.106 e. The first-order valence-electron chi connectivity index (χ1n) is 6.64. The van der Waals surface area contributed by atoms with Crippen molar-refractivity contribution < 1.29 is 0 Å². The van der Waals surface area contributed by atoms with Gasteiger partial charge < -0.3 is 4.57 Å². The molecule has 1 heterocycles. The molecule has 0 unspecified atom stereocenters. The van der Waals surface area contributed by atoms with Gasteiger partial charge in [0.05, 0.1) is 11.0 Å².